The fourth-order valence-electron chi connectivity index (χ4n) is 2.53. The number of carbonyl (C=O) groups is 1. The van der Waals surface area contributed by atoms with E-state index in [-0.39, 0.29) is 11.7 Å². The van der Waals surface area contributed by atoms with E-state index in [1.54, 1.807) is 12.4 Å². The predicted octanol–water partition coefficient (Wildman–Crippen LogP) is 4.66. The molecule has 3 aromatic rings. The zero-order valence-electron chi connectivity index (χ0n) is 15.8. The second-order valence-corrected chi connectivity index (χ2v) is 7.20. The molecule has 2 aromatic carbocycles. The number of amides is 1. The van der Waals surface area contributed by atoms with Crippen molar-refractivity contribution in [1.82, 2.24) is 10.4 Å². The molecule has 0 saturated carbocycles. The first kappa shape index (κ1) is 19.9. The lowest BCUT2D eigenvalue weighted by molar-refractivity contribution is -0.118. The summed E-state index contributed by atoms with van der Waals surface area (Å²) in [6.07, 6.45) is 5.54. The summed E-state index contributed by atoms with van der Waals surface area (Å²) < 4.78 is 5.63. The highest BCUT2D eigenvalue weighted by Gasteiger charge is 2.06. The number of fused-ring (bicyclic) bond motifs is 1. The Bertz CT molecular complexity index is 937. The van der Waals surface area contributed by atoms with Crippen LogP contribution in [0.25, 0.3) is 10.9 Å². The number of pyridine rings is 1. The Balaban J connectivity index is 1.47. The molecule has 0 aliphatic carbocycles. The van der Waals surface area contributed by atoms with Crippen LogP contribution in [0.15, 0.2) is 70.8 Å². The summed E-state index contributed by atoms with van der Waals surface area (Å²) in [6.45, 7) is 2.86. The van der Waals surface area contributed by atoms with Crippen LogP contribution in [0, 0.1) is 0 Å². The van der Waals surface area contributed by atoms with Gasteiger partial charge in [0.1, 0.15) is 5.75 Å². The van der Waals surface area contributed by atoms with E-state index in [2.05, 4.69) is 22.4 Å². The number of benzene rings is 2. The van der Waals surface area contributed by atoms with E-state index < -0.39 is 0 Å². The number of rotatable bonds is 9. The van der Waals surface area contributed by atoms with E-state index in [1.165, 1.54) is 11.8 Å². The van der Waals surface area contributed by atoms with Gasteiger partial charge in [0.15, 0.2) is 0 Å². The first-order valence-corrected chi connectivity index (χ1v) is 10.3. The molecule has 0 spiro atoms. The molecule has 1 heterocycles. The van der Waals surface area contributed by atoms with Crippen LogP contribution < -0.4 is 10.2 Å². The molecule has 0 radical (unpaired) electrons. The minimum atomic E-state index is -0.159. The summed E-state index contributed by atoms with van der Waals surface area (Å²) in [5, 5.41) is 5.09. The number of aromatic nitrogens is 1. The van der Waals surface area contributed by atoms with Crippen molar-refractivity contribution in [2.24, 2.45) is 5.10 Å². The second kappa shape index (κ2) is 10.5. The Morgan fingerprint density at radius 1 is 1.18 bits per heavy atom. The molecule has 3 rings (SSSR count). The van der Waals surface area contributed by atoms with Gasteiger partial charge in [0.2, 0.25) is 5.91 Å². The summed E-state index contributed by atoms with van der Waals surface area (Å²) in [4.78, 5) is 17.4. The van der Waals surface area contributed by atoms with Crippen LogP contribution in [0.4, 0.5) is 0 Å². The van der Waals surface area contributed by atoms with Crippen molar-refractivity contribution in [3.63, 3.8) is 0 Å². The molecule has 6 heteroatoms. The Morgan fingerprint density at radius 3 is 2.82 bits per heavy atom. The fraction of sp³-hybridized carbons (Fsp3) is 0.227. The fourth-order valence-corrected chi connectivity index (χ4v) is 3.36. The number of hydrogen-bond donors (Lipinski definition) is 1. The topological polar surface area (TPSA) is 63.6 Å². The third-order valence-electron chi connectivity index (χ3n) is 4.00. The zero-order valence-corrected chi connectivity index (χ0v) is 16.6. The second-order valence-electron chi connectivity index (χ2n) is 6.18. The molecule has 1 aromatic heterocycles. The third-order valence-corrected chi connectivity index (χ3v) is 5.05. The Labute approximate surface area is 169 Å². The van der Waals surface area contributed by atoms with Crippen molar-refractivity contribution in [2.45, 2.75) is 24.7 Å². The van der Waals surface area contributed by atoms with Crippen LogP contribution in [-0.2, 0) is 4.79 Å². The highest BCUT2D eigenvalue weighted by Crippen LogP contribution is 2.25. The number of carbonyl (C=O) groups excluding carboxylic acids is 1. The average molecular weight is 394 g/mol. The highest BCUT2D eigenvalue weighted by atomic mass is 32.2. The molecule has 144 valence electrons. The van der Waals surface area contributed by atoms with Gasteiger partial charge in [0.05, 0.1) is 24.1 Å². The lowest BCUT2D eigenvalue weighted by atomic mass is 10.2. The maximum atomic E-state index is 12.1. The number of ether oxygens (including phenoxy) is 1. The molecule has 5 nitrogen and oxygen atoms in total. The van der Waals surface area contributed by atoms with Crippen molar-refractivity contribution >= 4 is 34.8 Å². The van der Waals surface area contributed by atoms with Crippen LogP contribution in [0.5, 0.6) is 5.75 Å². The van der Waals surface area contributed by atoms with Gasteiger partial charge in [0.25, 0.3) is 0 Å². The molecule has 0 saturated heterocycles. The number of nitrogens with zero attached hydrogens (tertiary/aromatic N) is 2. The van der Waals surface area contributed by atoms with Crippen molar-refractivity contribution in [1.29, 1.82) is 0 Å². The van der Waals surface area contributed by atoms with Crippen LogP contribution in [0.3, 0.4) is 0 Å². The zero-order chi connectivity index (χ0) is 19.6. The summed E-state index contributed by atoms with van der Waals surface area (Å²) in [6, 6.07) is 17.5. The molecule has 1 N–H and O–H groups in total. The van der Waals surface area contributed by atoms with Crippen molar-refractivity contribution in [3.05, 3.63) is 66.4 Å². The number of thioether (sulfide) groups is 1. The van der Waals surface area contributed by atoms with Gasteiger partial charge < -0.3 is 4.74 Å². The molecule has 0 fully saturated rings. The highest BCUT2D eigenvalue weighted by molar-refractivity contribution is 8.00. The summed E-state index contributed by atoms with van der Waals surface area (Å²) in [5.41, 5.74) is 4.37. The van der Waals surface area contributed by atoms with E-state index in [0.29, 0.717) is 0 Å². The lowest BCUT2D eigenvalue weighted by Crippen LogP contribution is -2.19. The normalized spacial score (nSPS) is 11.0. The largest absolute Gasteiger partial charge is 0.494 e. The van der Waals surface area contributed by atoms with Crippen LogP contribution >= 0.6 is 11.8 Å². The van der Waals surface area contributed by atoms with E-state index >= 15 is 0 Å². The van der Waals surface area contributed by atoms with E-state index in [1.807, 2.05) is 54.6 Å². The van der Waals surface area contributed by atoms with Gasteiger partial charge >= 0.3 is 0 Å². The first-order chi connectivity index (χ1) is 13.8. The molecular formula is C22H23N3O2S. The molecule has 0 unspecified atom stereocenters. The SMILES string of the molecule is CCCCOc1ccc(C=NNC(=O)CSc2cccc3cccnc23)cc1. The molecule has 0 aliphatic rings. The quantitative estimate of drug-likeness (QED) is 0.249. The maximum Gasteiger partial charge on any atom is 0.250 e. The smallest absolute Gasteiger partial charge is 0.250 e. The Kier molecular flexibility index (Phi) is 7.44. The van der Waals surface area contributed by atoms with Gasteiger partial charge in [-0.2, -0.15) is 5.10 Å². The number of nitrogens with one attached hydrogen (secondary N) is 1. The molecular weight excluding hydrogens is 370 g/mol. The van der Waals surface area contributed by atoms with Crippen LogP contribution in [0.1, 0.15) is 25.3 Å². The molecule has 1 amide bonds. The third kappa shape index (κ3) is 5.82. The van der Waals surface area contributed by atoms with Gasteiger partial charge in [-0.15, -0.1) is 11.8 Å². The van der Waals surface area contributed by atoms with Crippen molar-refractivity contribution < 1.29 is 9.53 Å². The Hall–Kier alpha value is -2.86. The van der Waals surface area contributed by atoms with Gasteiger partial charge in [-0.3, -0.25) is 9.78 Å². The van der Waals surface area contributed by atoms with Gasteiger partial charge in [-0.25, -0.2) is 5.43 Å². The predicted molar refractivity (Wildman–Crippen MR) is 115 cm³/mol. The monoisotopic (exact) mass is 393 g/mol. The Morgan fingerprint density at radius 2 is 2.00 bits per heavy atom. The van der Waals surface area contributed by atoms with Crippen LogP contribution in [-0.4, -0.2) is 29.5 Å². The lowest BCUT2D eigenvalue weighted by Gasteiger charge is -2.05. The maximum absolute atomic E-state index is 12.1. The minimum absolute atomic E-state index is 0.159. The van der Waals surface area contributed by atoms with Crippen LogP contribution in [0.2, 0.25) is 0 Å². The summed E-state index contributed by atoms with van der Waals surface area (Å²) >= 11 is 1.45. The summed E-state index contributed by atoms with van der Waals surface area (Å²) in [7, 11) is 0. The van der Waals surface area contributed by atoms with Gasteiger partial charge in [-0.1, -0.05) is 31.5 Å². The van der Waals surface area contributed by atoms with E-state index in [9.17, 15) is 4.79 Å². The summed E-state index contributed by atoms with van der Waals surface area (Å²) in [5.74, 6) is 0.959. The molecule has 28 heavy (non-hydrogen) atoms. The molecule has 0 atom stereocenters. The van der Waals surface area contributed by atoms with Gasteiger partial charge in [-0.05, 0) is 48.4 Å². The number of hydrogen-bond acceptors (Lipinski definition) is 5. The van der Waals surface area contributed by atoms with E-state index in [4.69, 9.17) is 4.74 Å². The average Bonchev–Trinajstić information content (AvgIpc) is 2.73. The van der Waals surface area contributed by atoms with E-state index in [0.717, 1.165) is 46.6 Å². The number of para-hydroxylation sites is 1. The molecule has 0 bridgehead atoms. The minimum Gasteiger partial charge on any atom is -0.494 e. The number of unbranched alkanes of at least 4 members (excludes halogenated alkanes) is 1. The standard InChI is InChI=1S/C22H23N3O2S/c1-2-3-14-27-19-11-9-17(10-12-19)15-24-25-21(26)16-28-20-8-4-6-18-7-5-13-23-22(18)20/h4-13,15H,2-3,14,16H2,1H3,(H,25,26). The first-order valence-electron chi connectivity index (χ1n) is 9.27. The van der Waals surface area contributed by atoms with Gasteiger partial charge in [0, 0.05) is 16.5 Å². The molecule has 0 aliphatic heterocycles. The number of hydrazone groups is 1. The van der Waals surface area contributed by atoms with Crippen molar-refractivity contribution in [3.8, 4) is 5.75 Å². The van der Waals surface area contributed by atoms with Crippen molar-refractivity contribution in [2.75, 3.05) is 12.4 Å².